The smallest absolute Gasteiger partial charge is 0.253 e. The van der Waals surface area contributed by atoms with E-state index in [1.165, 1.54) is 6.92 Å². The van der Waals surface area contributed by atoms with Crippen LogP contribution in [-0.4, -0.2) is 87.9 Å². The van der Waals surface area contributed by atoms with Gasteiger partial charge in [-0.3, -0.25) is 14.4 Å². The van der Waals surface area contributed by atoms with Gasteiger partial charge in [0.1, 0.15) is 6.10 Å². The van der Waals surface area contributed by atoms with Gasteiger partial charge in [0.15, 0.2) is 0 Å². The van der Waals surface area contributed by atoms with Crippen LogP contribution in [0.15, 0.2) is 0 Å². The van der Waals surface area contributed by atoms with Crippen molar-refractivity contribution in [1.82, 2.24) is 10.6 Å². The lowest BCUT2D eigenvalue weighted by Crippen LogP contribution is -2.41. The summed E-state index contributed by atoms with van der Waals surface area (Å²) >= 11 is 5.43. The number of amides is 3. The molecular weight excluding hydrogens is 755 g/mol. The van der Waals surface area contributed by atoms with Crippen molar-refractivity contribution in [3.8, 4) is 0 Å². The second-order valence-corrected chi connectivity index (χ2v) is 9.55. The normalized spacial score (nSPS) is 13.0. The van der Waals surface area contributed by atoms with Gasteiger partial charge in [0.2, 0.25) is 0 Å². The van der Waals surface area contributed by atoms with E-state index in [0.717, 1.165) is 0 Å². The van der Waals surface area contributed by atoms with E-state index in [1.807, 2.05) is 45.2 Å². The monoisotopic (exact) mass is 777 g/mol. The molecule has 0 radical (unpaired) electrons. The highest BCUT2D eigenvalue weighted by atomic mass is 127. The summed E-state index contributed by atoms with van der Waals surface area (Å²) in [6.07, 6.45) is -2.54. The van der Waals surface area contributed by atoms with Crippen molar-refractivity contribution in [2.75, 3.05) is 31.7 Å². The van der Waals surface area contributed by atoms with Gasteiger partial charge in [0, 0.05) is 10.1 Å². The number of carbonyl (C=O) groups excluding carboxylic acids is 3. The molecule has 0 heterocycles. The zero-order chi connectivity index (χ0) is 23.9. The van der Waals surface area contributed by atoms with Gasteiger partial charge in [-0.25, -0.2) is 0 Å². The number of rotatable bonds is 10. The van der Waals surface area contributed by atoms with Crippen molar-refractivity contribution in [2.24, 2.45) is 0 Å². The molecule has 1 aromatic rings. The summed E-state index contributed by atoms with van der Waals surface area (Å²) in [6, 6.07) is -0.939. The highest BCUT2D eigenvalue weighted by Crippen LogP contribution is 2.36. The van der Waals surface area contributed by atoms with Gasteiger partial charge >= 0.3 is 0 Å². The fourth-order valence-corrected chi connectivity index (χ4v) is 6.59. The molecule has 0 aliphatic carbocycles. The molecule has 14 heteroatoms. The van der Waals surface area contributed by atoms with E-state index in [2.05, 4.69) is 16.0 Å². The number of benzene rings is 1. The number of halogens is 3. The summed E-state index contributed by atoms with van der Waals surface area (Å²) in [4.78, 5) is 37.8. The molecule has 0 aliphatic rings. The number of hydrogen-bond donors (Lipinski definition) is 8. The van der Waals surface area contributed by atoms with E-state index in [1.54, 1.807) is 22.6 Å². The van der Waals surface area contributed by atoms with Crippen molar-refractivity contribution in [1.29, 1.82) is 0 Å². The van der Waals surface area contributed by atoms with Crippen molar-refractivity contribution >= 4 is 91.2 Å². The van der Waals surface area contributed by atoms with E-state index < -0.39 is 55.8 Å². The van der Waals surface area contributed by atoms with Crippen molar-refractivity contribution < 1.29 is 39.9 Å². The first kappa shape index (κ1) is 28.7. The van der Waals surface area contributed by atoms with Crippen LogP contribution in [0.5, 0.6) is 0 Å². The average Bonchev–Trinajstić information content (AvgIpc) is 2.72. The predicted octanol–water partition coefficient (Wildman–Crippen LogP) is -1.01. The molecule has 0 saturated heterocycles. The topological polar surface area (TPSA) is 188 Å². The van der Waals surface area contributed by atoms with E-state index in [-0.39, 0.29) is 34.1 Å². The standard InChI is InChI=1S/C17H22I3N3O8/c1-6(27)15(29)23-14-12(19)9(16(30)21-2-8(28)5-26)11(18)10(13(14)20)17(31)22-7(3-24)4-25/h6-8,24-28H,2-5H2,1H3,(H,21,30)(H,22,31)(H,23,29). The molecule has 8 N–H and O–H groups in total. The number of hydrogen-bond acceptors (Lipinski definition) is 8. The molecule has 0 fully saturated rings. The third kappa shape index (κ3) is 7.57. The minimum absolute atomic E-state index is 0.0160. The Morgan fingerprint density at radius 3 is 1.84 bits per heavy atom. The predicted molar refractivity (Wildman–Crippen MR) is 136 cm³/mol. The Hall–Kier alpha value is -0.380. The Morgan fingerprint density at radius 2 is 1.39 bits per heavy atom. The number of aliphatic hydroxyl groups excluding tert-OH is 5. The Kier molecular flexibility index (Phi) is 12.3. The Morgan fingerprint density at radius 1 is 0.871 bits per heavy atom. The quantitative estimate of drug-likeness (QED) is 0.139. The lowest BCUT2D eigenvalue weighted by atomic mass is 10.1. The van der Waals surface area contributed by atoms with Crippen molar-refractivity contribution in [3.05, 3.63) is 21.8 Å². The second-order valence-electron chi connectivity index (χ2n) is 6.31. The number of nitrogens with one attached hydrogen (secondary N) is 3. The first-order valence-corrected chi connectivity index (χ1v) is 12.0. The molecule has 2 unspecified atom stereocenters. The van der Waals surface area contributed by atoms with Gasteiger partial charge in [0.05, 0.1) is 55.9 Å². The van der Waals surface area contributed by atoms with Crippen molar-refractivity contribution in [2.45, 2.75) is 25.2 Å². The van der Waals surface area contributed by atoms with Gasteiger partial charge in [0.25, 0.3) is 17.7 Å². The van der Waals surface area contributed by atoms with Crippen LogP contribution in [0.3, 0.4) is 0 Å². The molecule has 0 spiro atoms. The SMILES string of the molecule is CC(O)C(=O)Nc1c(I)c(C(=O)NCC(O)CO)c(I)c(C(=O)NC(CO)CO)c1I. The van der Waals surface area contributed by atoms with Crippen LogP contribution in [0.4, 0.5) is 5.69 Å². The summed E-state index contributed by atoms with van der Waals surface area (Å²) in [5.41, 5.74) is 0.166. The van der Waals surface area contributed by atoms with Crippen molar-refractivity contribution in [3.63, 3.8) is 0 Å². The molecule has 0 aromatic heterocycles. The summed E-state index contributed by atoms with van der Waals surface area (Å²) in [7, 11) is 0. The minimum atomic E-state index is -1.35. The van der Waals surface area contributed by atoms with Crippen LogP contribution in [0.1, 0.15) is 27.6 Å². The molecule has 2 atom stereocenters. The Balaban J connectivity index is 3.59. The largest absolute Gasteiger partial charge is 0.394 e. The van der Waals surface area contributed by atoms with Crippen LogP contribution in [-0.2, 0) is 4.79 Å². The molecule has 0 bridgehead atoms. The first-order chi connectivity index (χ1) is 14.5. The maximum atomic E-state index is 12.9. The van der Waals surface area contributed by atoms with Crippen LogP contribution in [0, 0.1) is 10.7 Å². The number of aliphatic hydroxyl groups is 5. The second kappa shape index (κ2) is 13.4. The highest BCUT2D eigenvalue weighted by molar-refractivity contribution is 14.1. The molecule has 1 rings (SSSR count). The Bertz CT molecular complexity index is 834. The summed E-state index contributed by atoms with van der Waals surface area (Å²) in [5.74, 6) is -2.12. The lowest BCUT2D eigenvalue weighted by Gasteiger charge is -2.21. The molecule has 174 valence electrons. The number of anilines is 1. The average molecular weight is 777 g/mol. The van der Waals surface area contributed by atoms with E-state index >= 15 is 0 Å². The van der Waals surface area contributed by atoms with E-state index in [0.29, 0.717) is 0 Å². The molecule has 3 amide bonds. The van der Waals surface area contributed by atoms with Crippen LogP contribution in [0.25, 0.3) is 0 Å². The zero-order valence-electron chi connectivity index (χ0n) is 16.2. The number of carbonyl (C=O) groups is 3. The summed E-state index contributed by atoms with van der Waals surface area (Å²) in [6.45, 7) is -0.586. The molecule has 0 aliphatic heterocycles. The lowest BCUT2D eigenvalue weighted by molar-refractivity contribution is -0.123. The third-order valence-electron chi connectivity index (χ3n) is 3.88. The maximum Gasteiger partial charge on any atom is 0.253 e. The highest BCUT2D eigenvalue weighted by Gasteiger charge is 2.30. The van der Waals surface area contributed by atoms with Gasteiger partial charge in [-0.1, -0.05) is 0 Å². The van der Waals surface area contributed by atoms with Gasteiger partial charge < -0.3 is 41.5 Å². The third-order valence-corrected chi connectivity index (χ3v) is 7.12. The summed E-state index contributed by atoms with van der Waals surface area (Å²) in [5, 5.41) is 53.9. The van der Waals surface area contributed by atoms with Crippen LogP contribution < -0.4 is 16.0 Å². The van der Waals surface area contributed by atoms with E-state index in [4.69, 9.17) is 5.11 Å². The van der Waals surface area contributed by atoms with Gasteiger partial charge in [-0.05, 0) is 74.7 Å². The summed E-state index contributed by atoms with van der Waals surface area (Å²) < 4.78 is 0.790. The fraction of sp³-hybridized carbons (Fsp3) is 0.471. The van der Waals surface area contributed by atoms with Crippen LogP contribution in [0.2, 0.25) is 0 Å². The minimum Gasteiger partial charge on any atom is -0.394 e. The molecule has 11 nitrogen and oxygen atoms in total. The van der Waals surface area contributed by atoms with E-state index in [9.17, 15) is 34.8 Å². The maximum absolute atomic E-state index is 12.9. The fourth-order valence-electron chi connectivity index (χ4n) is 2.17. The molecular formula is C17H22I3N3O8. The molecule has 0 saturated carbocycles. The van der Waals surface area contributed by atoms with Gasteiger partial charge in [-0.2, -0.15) is 0 Å². The molecule has 1 aromatic carbocycles. The Labute approximate surface area is 218 Å². The van der Waals surface area contributed by atoms with Gasteiger partial charge in [-0.15, -0.1) is 0 Å². The first-order valence-electron chi connectivity index (χ1n) is 8.79. The zero-order valence-corrected chi connectivity index (χ0v) is 22.6. The van der Waals surface area contributed by atoms with Crippen LogP contribution >= 0.6 is 67.8 Å². The molecule has 31 heavy (non-hydrogen) atoms.